The van der Waals surface area contributed by atoms with Gasteiger partial charge in [0.25, 0.3) is 0 Å². The van der Waals surface area contributed by atoms with Crippen LogP contribution in [0.3, 0.4) is 0 Å². The molecule has 6 heteroatoms. The smallest absolute Gasteiger partial charge is 0.349 e. The molecule has 33 heavy (non-hydrogen) atoms. The largest absolute Gasteiger partial charge is 0.482 e. The molecule has 0 aliphatic carbocycles. The molecule has 4 aromatic rings. The number of carbonyl (C=O) groups is 2. The molecule has 1 heterocycles. The number of benzene rings is 3. The normalized spacial score (nSPS) is 10.7. The van der Waals surface area contributed by atoms with Crippen LogP contribution in [-0.4, -0.2) is 29.7 Å². The minimum absolute atomic E-state index is 0.221. The highest BCUT2D eigenvalue weighted by Gasteiger charge is 2.22. The number of fused-ring (bicyclic) bond motifs is 1. The van der Waals surface area contributed by atoms with Crippen LogP contribution in [0, 0.1) is 6.92 Å². The summed E-state index contributed by atoms with van der Waals surface area (Å²) < 4.78 is 18.3. The van der Waals surface area contributed by atoms with Crippen LogP contribution in [0.2, 0.25) is 0 Å². The molecule has 0 N–H and O–H groups in total. The van der Waals surface area contributed by atoms with Crippen LogP contribution in [0.5, 0.6) is 11.5 Å². The molecular weight excluding hydrogens is 418 g/mol. The standard InChI is InChI=1S/C27H25NO5/c1-3-31-27(30)26-19(2)28(17-20-10-6-4-7-11-20)24-15-14-22(16-23(24)26)33-25(29)18-32-21-12-8-5-9-13-21/h4-16H,3,17-18H2,1-2H3. The van der Waals surface area contributed by atoms with Gasteiger partial charge in [-0.25, -0.2) is 9.59 Å². The van der Waals surface area contributed by atoms with Gasteiger partial charge in [-0.2, -0.15) is 0 Å². The Bertz CT molecular complexity index is 1260. The summed E-state index contributed by atoms with van der Waals surface area (Å²) in [5.41, 5.74) is 3.24. The number of esters is 2. The zero-order valence-corrected chi connectivity index (χ0v) is 18.6. The van der Waals surface area contributed by atoms with E-state index in [-0.39, 0.29) is 13.2 Å². The van der Waals surface area contributed by atoms with Crippen molar-refractivity contribution in [3.05, 3.63) is 95.7 Å². The Morgan fingerprint density at radius 1 is 0.879 bits per heavy atom. The van der Waals surface area contributed by atoms with Gasteiger partial charge >= 0.3 is 11.9 Å². The second-order valence-corrected chi connectivity index (χ2v) is 7.51. The lowest BCUT2D eigenvalue weighted by Gasteiger charge is -2.09. The predicted octanol–water partition coefficient (Wildman–Crippen LogP) is 5.16. The SMILES string of the molecule is CCOC(=O)c1c(C)n(Cc2ccccc2)c2ccc(OC(=O)COc3ccccc3)cc12. The van der Waals surface area contributed by atoms with E-state index >= 15 is 0 Å². The lowest BCUT2D eigenvalue weighted by molar-refractivity contribution is -0.136. The minimum atomic E-state index is -0.531. The van der Waals surface area contributed by atoms with Crippen molar-refractivity contribution in [2.45, 2.75) is 20.4 Å². The lowest BCUT2D eigenvalue weighted by atomic mass is 10.1. The zero-order valence-electron chi connectivity index (χ0n) is 18.6. The predicted molar refractivity (Wildman–Crippen MR) is 126 cm³/mol. The Kier molecular flexibility index (Phi) is 6.74. The van der Waals surface area contributed by atoms with E-state index in [9.17, 15) is 9.59 Å². The molecule has 0 radical (unpaired) electrons. The first-order valence-electron chi connectivity index (χ1n) is 10.8. The molecule has 0 unspecified atom stereocenters. The molecule has 0 saturated carbocycles. The Labute approximate surface area is 192 Å². The summed E-state index contributed by atoms with van der Waals surface area (Å²) in [6.45, 7) is 4.33. The summed E-state index contributed by atoms with van der Waals surface area (Å²) in [7, 11) is 0. The van der Waals surface area contributed by atoms with E-state index in [4.69, 9.17) is 14.2 Å². The number of carbonyl (C=O) groups excluding carboxylic acids is 2. The summed E-state index contributed by atoms with van der Waals surface area (Å²) >= 11 is 0. The number of nitrogens with zero attached hydrogens (tertiary/aromatic N) is 1. The van der Waals surface area contributed by atoms with Crippen molar-refractivity contribution in [3.8, 4) is 11.5 Å². The van der Waals surface area contributed by atoms with Crippen molar-refractivity contribution in [1.82, 2.24) is 4.57 Å². The topological polar surface area (TPSA) is 66.8 Å². The average Bonchev–Trinajstić information content (AvgIpc) is 3.10. The second-order valence-electron chi connectivity index (χ2n) is 7.51. The second kappa shape index (κ2) is 10.0. The van der Waals surface area contributed by atoms with Gasteiger partial charge in [0.15, 0.2) is 6.61 Å². The van der Waals surface area contributed by atoms with Gasteiger partial charge in [-0.3, -0.25) is 0 Å². The molecule has 0 spiro atoms. The van der Waals surface area contributed by atoms with Gasteiger partial charge < -0.3 is 18.8 Å². The Morgan fingerprint density at radius 2 is 1.58 bits per heavy atom. The Morgan fingerprint density at radius 3 is 2.27 bits per heavy atom. The maximum Gasteiger partial charge on any atom is 0.349 e. The molecule has 6 nitrogen and oxygen atoms in total. The molecule has 0 aliphatic rings. The molecule has 1 aromatic heterocycles. The third-order valence-electron chi connectivity index (χ3n) is 5.29. The van der Waals surface area contributed by atoms with Gasteiger partial charge in [-0.05, 0) is 49.7 Å². The molecular formula is C27H25NO5. The molecule has 4 rings (SSSR count). The third-order valence-corrected chi connectivity index (χ3v) is 5.29. The molecule has 0 saturated heterocycles. The maximum absolute atomic E-state index is 12.8. The quantitative estimate of drug-likeness (QED) is 0.278. The van der Waals surface area contributed by atoms with Gasteiger partial charge in [0.05, 0.1) is 12.2 Å². The fraction of sp³-hybridized carbons (Fsp3) is 0.185. The average molecular weight is 443 g/mol. The highest BCUT2D eigenvalue weighted by Crippen LogP contribution is 2.31. The van der Waals surface area contributed by atoms with E-state index in [2.05, 4.69) is 4.57 Å². The lowest BCUT2D eigenvalue weighted by Crippen LogP contribution is -2.17. The summed E-state index contributed by atoms with van der Waals surface area (Å²) in [6.07, 6.45) is 0. The highest BCUT2D eigenvalue weighted by atomic mass is 16.6. The van der Waals surface area contributed by atoms with Gasteiger partial charge in [0.2, 0.25) is 0 Å². The van der Waals surface area contributed by atoms with Crippen molar-refractivity contribution >= 4 is 22.8 Å². The Balaban J connectivity index is 1.63. The number of aromatic nitrogens is 1. The van der Waals surface area contributed by atoms with Crippen molar-refractivity contribution < 1.29 is 23.8 Å². The fourth-order valence-corrected chi connectivity index (χ4v) is 3.78. The van der Waals surface area contributed by atoms with E-state index in [0.717, 1.165) is 16.8 Å². The van der Waals surface area contributed by atoms with Gasteiger partial charge in [-0.1, -0.05) is 48.5 Å². The number of ether oxygens (including phenoxy) is 3. The van der Waals surface area contributed by atoms with Crippen LogP contribution >= 0.6 is 0 Å². The maximum atomic E-state index is 12.8. The number of hydrogen-bond donors (Lipinski definition) is 0. The van der Waals surface area contributed by atoms with Gasteiger partial charge in [0, 0.05) is 23.1 Å². The first kappa shape index (κ1) is 22.1. The van der Waals surface area contributed by atoms with E-state index < -0.39 is 11.9 Å². The van der Waals surface area contributed by atoms with Crippen LogP contribution < -0.4 is 9.47 Å². The zero-order chi connectivity index (χ0) is 23.2. The summed E-state index contributed by atoms with van der Waals surface area (Å²) in [5, 5.41) is 0.677. The molecule has 168 valence electrons. The molecule has 0 fully saturated rings. The van der Waals surface area contributed by atoms with E-state index in [1.165, 1.54) is 0 Å². The third kappa shape index (κ3) is 5.06. The fourth-order valence-electron chi connectivity index (χ4n) is 3.78. The van der Waals surface area contributed by atoms with Crippen LogP contribution in [0.25, 0.3) is 10.9 Å². The molecule has 0 bridgehead atoms. The minimum Gasteiger partial charge on any atom is -0.482 e. The number of hydrogen-bond acceptors (Lipinski definition) is 5. The summed E-state index contributed by atoms with van der Waals surface area (Å²) in [6, 6.07) is 24.4. The van der Waals surface area contributed by atoms with Gasteiger partial charge in [0.1, 0.15) is 11.5 Å². The summed E-state index contributed by atoms with van der Waals surface area (Å²) in [4.78, 5) is 25.1. The number of rotatable bonds is 8. The molecule has 0 amide bonds. The monoisotopic (exact) mass is 443 g/mol. The molecule has 0 aliphatic heterocycles. The van der Waals surface area contributed by atoms with Crippen molar-refractivity contribution in [3.63, 3.8) is 0 Å². The number of para-hydroxylation sites is 1. The van der Waals surface area contributed by atoms with Crippen molar-refractivity contribution in [2.24, 2.45) is 0 Å². The van der Waals surface area contributed by atoms with E-state index in [1.54, 1.807) is 31.2 Å². The molecule has 3 aromatic carbocycles. The first-order chi connectivity index (χ1) is 16.1. The first-order valence-corrected chi connectivity index (χ1v) is 10.8. The van der Waals surface area contributed by atoms with Gasteiger partial charge in [-0.15, -0.1) is 0 Å². The molecule has 0 atom stereocenters. The highest BCUT2D eigenvalue weighted by molar-refractivity contribution is 6.06. The van der Waals surface area contributed by atoms with Crippen LogP contribution in [0.1, 0.15) is 28.5 Å². The van der Waals surface area contributed by atoms with Crippen molar-refractivity contribution in [1.29, 1.82) is 0 Å². The van der Waals surface area contributed by atoms with Crippen LogP contribution in [0.15, 0.2) is 78.9 Å². The van der Waals surface area contributed by atoms with E-state index in [1.807, 2.05) is 61.5 Å². The Hall–Kier alpha value is -4.06. The summed E-state index contributed by atoms with van der Waals surface area (Å²) in [5.74, 6) is -0.00582. The van der Waals surface area contributed by atoms with Crippen molar-refractivity contribution in [2.75, 3.05) is 13.2 Å². The van der Waals surface area contributed by atoms with Crippen LogP contribution in [0.4, 0.5) is 0 Å². The van der Waals surface area contributed by atoms with E-state index in [0.29, 0.717) is 29.0 Å². The van der Waals surface area contributed by atoms with Crippen LogP contribution in [-0.2, 0) is 16.1 Å².